The quantitative estimate of drug-likeness (QED) is 0.631. The van der Waals surface area contributed by atoms with Crippen LogP contribution in [0, 0.1) is 19.8 Å². The summed E-state index contributed by atoms with van der Waals surface area (Å²) in [4.78, 5) is 20.3. The third kappa shape index (κ3) is 3.29. The van der Waals surface area contributed by atoms with Gasteiger partial charge in [-0.2, -0.15) is 0 Å². The van der Waals surface area contributed by atoms with E-state index in [2.05, 4.69) is 33.0 Å². The summed E-state index contributed by atoms with van der Waals surface area (Å²) in [7, 11) is 0. The molecule has 1 aliphatic carbocycles. The lowest BCUT2D eigenvalue weighted by atomic mass is 9.94. The molecule has 0 fully saturated rings. The van der Waals surface area contributed by atoms with Gasteiger partial charge in [-0.25, -0.2) is 9.97 Å². The molecule has 1 aromatic heterocycles. The number of carbonyl (C=O) groups is 1. The van der Waals surface area contributed by atoms with Gasteiger partial charge in [0.25, 0.3) is 0 Å². The SMILES string of the molecule is Cc1cc(C)nc(NNC(=O)C2CC=CCC2)n1. The number of aromatic nitrogens is 2. The van der Waals surface area contributed by atoms with Gasteiger partial charge >= 0.3 is 0 Å². The Morgan fingerprint density at radius 2 is 2.00 bits per heavy atom. The van der Waals surface area contributed by atoms with Crippen molar-refractivity contribution in [2.24, 2.45) is 5.92 Å². The van der Waals surface area contributed by atoms with Gasteiger partial charge in [-0.3, -0.25) is 15.6 Å². The normalized spacial score (nSPS) is 18.4. The Bertz CT molecular complexity index is 450. The zero-order valence-electron chi connectivity index (χ0n) is 10.7. The molecule has 2 rings (SSSR count). The van der Waals surface area contributed by atoms with Crippen LogP contribution in [-0.2, 0) is 4.79 Å². The fourth-order valence-corrected chi connectivity index (χ4v) is 2.03. The number of hydrazine groups is 1. The van der Waals surface area contributed by atoms with E-state index in [1.54, 1.807) is 0 Å². The second-order valence-electron chi connectivity index (χ2n) is 4.57. The van der Waals surface area contributed by atoms with Crippen molar-refractivity contribution < 1.29 is 4.79 Å². The van der Waals surface area contributed by atoms with Gasteiger partial charge in [-0.1, -0.05) is 12.2 Å². The maximum absolute atomic E-state index is 11.9. The van der Waals surface area contributed by atoms with E-state index in [1.165, 1.54) is 0 Å². The zero-order chi connectivity index (χ0) is 13.0. The van der Waals surface area contributed by atoms with Crippen molar-refractivity contribution in [2.45, 2.75) is 33.1 Å². The first kappa shape index (κ1) is 12.5. The van der Waals surface area contributed by atoms with Crippen LogP contribution >= 0.6 is 0 Å². The van der Waals surface area contributed by atoms with Gasteiger partial charge in [-0.05, 0) is 39.2 Å². The fraction of sp³-hybridized carbons (Fsp3) is 0.462. The monoisotopic (exact) mass is 246 g/mol. The predicted octanol–water partition coefficient (Wildman–Crippen LogP) is 1.89. The zero-order valence-corrected chi connectivity index (χ0v) is 10.7. The van der Waals surface area contributed by atoms with Gasteiger partial charge in [0, 0.05) is 17.3 Å². The number of nitrogens with one attached hydrogen (secondary N) is 2. The predicted molar refractivity (Wildman–Crippen MR) is 69.8 cm³/mol. The molecule has 1 heterocycles. The molecule has 0 radical (unpaired) electrons. The van der Waals surface area contributed by atoms with Crippen molar-refractivity contribution >= 4 is 11.9 Å². The molecule has 18 heavy (non-hydrogen) atoms. The van der Waals surface area contributed by atoms with E-state index in [9.17, 15) is 4.79 Å². The third-order valence-corrected chi connectivity index (χ3v) is 2.92. The molecule has 1 unspecified atom stereocenters. The van der Waals surface area contributed by atoms with Crippen molar-refractivity contribution in [1.29, 1.82) is 0 Å². The minimum Gasteiger partial charge on any atom is -0.273 e. The maximum Gasteiger partial charge on any atom is 0.242 e. The molecular formula is C13H18N4O. The highest BCUT2D eigenvalue weighted by molar-refractivity contribution is 5.79. The molecule has 0 bridgehead atoms. The number of carbonyl (C=O) groups excluding carboxylic acids is 1. The average molecular weight is 246 g/mol. The number of hydrogen-bond acceptors (Lipinski definition) is 4. The molecule has 96 valence electrons. The standard InChI is InChI=1S/C13H18N4O/c1-9-8-10(2)15-13(14-9)17-16-12(18)11-6-4-3-5-7-11/h3-4,8,11H,5-7H2,1-2H3,(H,16,18)(H,14,15,17). The molecule has 1 aliphatic rings. The van der Waals surface area contributed by atoms with E-state index < -0.39 is 0 Å². The van der Waals surface area contributed by atoms with Crippen LogP contribution in [0.1, 0.15) is 30.7 Å². The van der Waals surface area contributed by atoms with Gasteiger partial charge in [0.1, 0.15) is 0 Å². The summed E-state index contributed by atoms with van der Waals surface area (Å²) in [5, 5.41) is 0. The molecule has 0 saturated carbocycles. The van der Waals surface area contributed by atoms with E-state index in [1.807, 2.05) is 19.9 Å². The number of hydrogen-bond donors (Lipinski definition) is 2. The number of nitrogens with zero attached hydrogens (tertiary/aromatic N) is 2. The minimum absolute atomic E-state index is 0.00195. The maximum atomic E-state index is 11.9. The Morgan fingerprint density at radius 1 is 1.28 bits per heavy atom. The fourth-order valence-electron chi connectivity index (χ4n) is 2.03. The summed E-state index contributed by atoms with van der Waals surface area (Å²) >= 11 is 0. The van der Waals surface area contributed by atoms with E-state index >= 15 is 0 Å². The molecule has 5 heteroatoms. The van der Waals surface area contributed by atoms with E-state index in [0.717, 1.165) is 30.7 Å². The van der Waals surface area contributed by atoms with Gasteiger partial charge in [0.2, 0.25) is 11.9 Å². The van der Waals surface area contributed by atoms with Crippen LogP contribution in [0.2, 0.25) is 0 Å². The van der Waals surface area contributed by atoms with E-state index in [0.29, 0.717) is 5.95 Å². The summed E-state index contributed by atoms with van der Waals surface area (Å²) in [6.07, 6.45) is 6.85. The van der Waals surface area contributed by atoms with Gasteiger partial charge in [0.05, 0.1) is 0 Å². The largest absolute Gasteiger partial charge is 0.273 e. The number of rotatable bonds is 3. The van der Waals surface area contributed by atoms with Gasteiger partial charge in [-0.15, -0.1) is 0 Å². The molecular weight excluding hydrogens is 228 g/mol. The van der Waals surface area contributed by atoms with Crippen LogP contribution in [0.4, 0.5) is 5.95 Å². The van der Waals surface area contributed by atoms with Gasteiger partial charge in [0.15, 0.2) is 0 Å². The van der Waals surface area contributed by atoms with Crippen molar-refractivity contribution in [1.82, 2.24) is 15.4 Å². The lowest BCUT2D eigenvalue weighted by molar-refractivity contribution is -0.124. The molecule has 1 amide bonds. The van der Waals surface area contributed by atoms with Crippen LogP contribution in [0.25, 0.3) is 0 Å². The second kappa shape index (κ2) is 5.62. The highest BCUT2D eigenvalue weighted by Crippen LogP contribution is 2.17. The van der Waals surface area contributed by atoms with Crippen LogP contribution in [0.15, 0.2) is 18.2 Å². The molecule has 1 atom stereocenters. The average Bonchev–Trinajstić information content (AvgIpc) is 2.36. The van der Waals surface area contributed by atoms with Crippen molar-refractivity contribution in [3.05, 3.63) is 29.6 Å². The van der Waals surface area contributed by atoms with Crippen LogP contribution in [0.5, 0.6) is 0 Å². The lowest BCUT2D eigenvalue weighted by Crippen LogP contribution is -2.36. The number of amides is 1. The molecule has 0 aromatic carbocycles. The van der Waals surface area contributed by atoms with Crippen molar-refractivity contribution in [2.75, 3.05) is 5.43 Å². The number of anilines is 1. The Morgan fingerprint density at radius 3 is 2.61 bits per heavy atom. The first-order chi connectivity index (χ1) is 8.65. The van der Waals surface area contributed by atoms with Crippen molar-refractivity contribution in [3.8, 4) is 0 Å². The highest BCUT2D eigenvalue weighted by atomic mass is 16.2. The number of aryl methyl sites for hydroxylation is 2. The molecule has 5 nitrogen and oxygen atoms in total. The summed E-state index contributed by atoms with van der Waals surface area (Å²) in [5.74, 6) is 0.489. The summed E-state index contributed by atoms with van der Waals surface area (Å²) < 4.78 is 0. The number of allylic oxidation sites excluding steroid dienone is 2. The minimum atomic E-state index is 0.00195. The Labute approximate surface area is 107 Å². The lowest BCUT2D eigenvalue weighted by Gasteiger charge is -2.17. The second-order valence-corrected chi connectivity index (χ2v) is 4.57. The molecule has 2 N–H and O–H groups in total. The van der Waals surface area contributed by atoms with Crippen LogP contribution in [0.3, 0.4) is 0 Å². The first-order valence-corrected chi connectivity index (χ1v) is 6.18. The smallest absolute Gasteiger partial charge is 0.242 e. The van der Waals surface area contributed by atoms with Crippen molar-refractivity contribution in [3.63, 3.8) is 0 Å². The third-order valence-electron chi connectivity index (χ3n) is 2.92. The Kier molecular flexibility index (Phi) is 3.92. The summed E-state index contributed by atoms with van der Waals surface area (Å²) in [6.45, 7) is 3.79. The van der Waals surface area contributed by atoms with Gasteiger partial charge < -0.3 is 0 Å². The molecule has 0 saturated heterocycles. The summed E-state index contributed by atoms with van der Waals surface area (Å²) in [5.41, 5.74) is 7.20. The topological polar surface area (TPSA) is 66.9 Å². The van der Waals surface area contributed by atoms with E-state index in [-0.39, 0.29) is 11.8 Å². The first-order valence-electron chi connectivity index (χ1n) is 6.18. The molecule has 1 aromatic rings. The van der Waals surface area contributed by atoms with E-state index in [4.69, 9.17) is 0 Å². The Balaban J connectivity index is 1.90. The van der Waals surface area contributed by atoms with Crippen LogP contribution in [-0.4, -0.2) is 15.9 Å². The molecule has 0 spiro atoms. The van der Waals surface area contributed by atoms with Crippen LogP contribution < -0.4 is 10.9 Å². The highest BCUT2D eigenvalue weighted by Gasteiger charge is 2.18. The Hall–Kier alpha value is -1.91. The molecule has 0 aliphatic heterocycles. The summed E-state index contributed by atoms with van der Waals surface area (Å²) in [6, 6.07) is 1.89.